The molecule has 0 aromatic rings. The molecule has 5 atom stereocenters. The lowest BCUT2D eigenvalue weighted by atomic mass is 9.85. The Labute approximate surface area is 130 Å². The van der Waals surface area contributed by atoms with Gasteiger partial charge in [0.15, 0.2) is 0 Å². The molecule has 0 aromatic heterocycles. The summed E-state index contributed by atoms with van der Waals surface area (Å²) in [6, 6.07) is -0.240. The average molecular weight is 305 g/mol. The Hall–Kier alpha value is -1.85. The van der Waals surface area contributed by atoms with Gasteiger partial charge in [0.05, 0.1) is 11.8 Å². The number of urea groups is 1. The normalized spacial score (nSPS) is 33.3. The molecule has 0 spiro atoms. The van der Waals surface area contributed by atoms with Crippen molar-refractivity contribution >= 4 is 17.8 Å². The highest BCUT2D eigenvalue weighted by Gasteiger charge is 2.60. The van der Waals surface area contributed by atoms with E-state index in [1.165, 1.54) is 4.90 Å². The number of nitrogens with one attached hydrogen (secondary N) is 1. The largest absolute Gasteiger partial charge is 0.325 e. The van der Waals surface area contributed by atoms with Crippen molar-refractivity contribution in [3.63, 3.8) is 0 Å². The lowest BCUT2D eigenvalue weighted by molar-refractivity contribution is -0.143. The molecule has 1 saturated carbocycles. The van der Waals surface area contributed by atoms with Gasteiger partial charge in [-0.05, 0) is 39.0 Å². The molecular weight excluding hydrogens is 282 g/mol. The number of likely N-dealkylation sites (tertiary alicyclic amines) is 1. The van der Waals surface area contributed by atoms with Crippen LogP contribution in [0, 0.1) is 23.7 Å². The highest BCUT2D eigenvalue weighted by Crippen LogP contribution is 2.52. The van der Waals surface area contributed by atoms with E-state index in [2.05, 4.69) is 17.5 Å². The van der Waals surface area contributed by atoms with Crippen LogP contribution in [0.3, 0.4) is 0 Å². The van der Waals surface area contributed by atoms with Gasteiger partial charge in [-0.15, -0.1) is 0 Å². The third-order valence-electron chi connectivity index (χ3n) is 5.27. The van der Waals surface area contributed by atoms with Crippen LogP contribution in [-0.4, -0.2) is 46.9 Å². The first-order valence-electron chi connectivity index (χ1n) is 8.10. The van der Waals surface area contributed by atoms with Crippen molar-refractivity contribution in [3.05, 3.63) is 12.2 Å². The first-order valence-corrected chi connectivity index (χ1v) is 8.10. The van der Waals surface area contributed by atoms with Gasteiger partial charge in [-0.3, -0.25) is 14.5 Å². The van der Waals surface area contributed by atoms with Crippen LogP contribution >= 0.6 is 0 Å². The molecule has 22 heavy (non-hydrogen) atoms. The minimum absolute atomic E-state index is 0.126. The van der Waals surface area contributed by atoms with Crippen LogP contribution in [0.4, 0.5) is 4.79 Å². The Morgan fingerprint density at radius 3 is 2.18 bits per heavy atom. The van der Waals surface area contributed by atoms with E-state index < -0.39 is 6.17 Å². The smallest absolute Gasteiger partial charge is 0.318 e. The van der Waals surface area contributed by atoms with Gasteiger partial charge < -0.3 is 10.2 Å². The maximum absolute atomic E-state index is 12.6. The molecule has 3 rings (SSSR count). The van der Waals surface area contributed by atoms with E-state index in [4.69, 9.17) is 0 Å². The Balaban J connectivity index is 1.72. The zero-order valence-corrected chi connectivity index (χ0v) is 13.3. The lowest BCUT2D eigenvalue weighted by Gasteiger charge is -2.28. The summed E-state index contributed by atoms with van der Waals surface area (Å²) >= 11 is 0. The maximum Gasteiger partial charge on any atom is 0.318 e. The van der Waals surface area contributed by atoms with E-state index in [9.17, 15) is 14.4 Å². The Morgan fingerprint density at radius 1 is 1.23 bits per heavy atom. The third-order valence-corrected chi connectivity index (χ3v) is 5.27. The third kappa shape index (κ3) is 2.04. The van der Waals surface area contributed by atoms with Crippen molar-refractivity contribution in [2.45, 2.75) is 33.4 Å². The number of nitrogens with zero attached hydrogens (tertiary/aromatic N) is 2. The maximum atomic E-state index is 12.6. The molecule has 5 unspecified atom stereocenters. The molecule has 2 bridgehead atoms. The molecule has 1 aliphatic heterocycles. The van der Waals surface area contributed by atoms with Gasteiger partial charge in [0.2, 0.25) is 11.8 Å². The van der Waals surface area contributed by atoms with E-state index in [1.807, 2.05) is 13.8 Å². The van der Waals surface area contributed by atoms with Gasteiger partial charge in [0.25, 0.3) is 0 Å². The van der Waals surface area contributed by atoms with Crippen LogP contribution in [0.25, 0.3) is 0 Å². The molecule has 3 aliphatic rings. The highest BCUT2D eigenvalue weighted by atomic mass is 16.2. The molecule has 120 valence electrons. The van der Waals surface area contributed by atoms with Crippen molar-refractivity contribution in [1.29, 1.82) is 0 Å². The standard InChI is InChI=1S/C16H23N3O3/c1-4-18(5-2)16(22)17-9(3)19-14(20)12-10-6-7-11(8-10)13(12)15(19)21/h6-7,9-13H,4-5,8H2,1-3H3,(H,17,22). The average Bonchev–Trinajstić information content (AvgIpc) is 3.14. The molecule has 6 heteroatoms. The summed E-state index contributed by atoms with van der Waals surface area (Å²) in [6.45, 7) is 6.68. The summed E-state index contributed by atoms with van der Waals surface area (Å²) in [5.74, 6) is -0.284. The van der Waals surface area contributed by atoms with E-state index in [-0.39, 0.29) is 41.5 Å². The monoisotopic (exact) mass is 305 g/mol. The summed E-state index contributed by atoms with van der Waals surface area (Å²) in [7, 11) is 0. The predicted octanol–water partition coefficient (Wildman–Crippen LogP) is 1.19. The van der Waals surface area contributed by atoms with Gasteiger partial charge in [-0.1, -0.05) is 12.2 Å². The summed E-state index contributed by atoms with van der Waals surface area (Å²) < 4.78 is 0. The summed E-state index contributed by atoms with van der Waals surface area (Å²) in [4.78, 5) is 40.3. The summed E-state index contributed by atoms with van der Waals surface area (Å²) in [6.07, 6.45) is 4.46. The van der Waals surface area contributed by atoms with Crippen molar-refractivity contribution in [2.75, 3.05) is 13.1 Å². The summed E-state index contributed by atoms with van der Waals surface area (Å²) in [5, 5.41) is 2.77. The fraction of sp³-hybridized carbons (Fsp3) is 0.688. The second-order valence-corrected chi connectivity index (χ2v) is 6.34. The molecule has 1 saturated heterocycles. The quantitative estimate of drug-likeness (QED) is 0.626. The minimum Gasteiger partial charge on any atom is -0.325 e. The fourth-order valence-corrected chi connectivity index (χ4v) is 4.15. The Morgan fingerprint density at radius 2 is 1.73 bits per heavy atom. The van der Waals surface area contributed by atoms with Crippen molar-refractivity contribution in [2.24, 2.45) is 23.7 Å². The molecule has 0 aromatic carbocycles. The highest BCUT2D eigenvalue weighted by molar-refractivity contribution is 6.06. The second-order valence-electron chi connectivity index (χ2n) is 6.34. The molecule has 1 heterocycles. The number of amides is 4. The number of carbonyl (C=O) groups is 3. The zero-order valence-electron chi connectivity index (χ0n) is 13.3. The number of carbonyl (C=O) groups excluding carboxylic acids is 3. The van der Waals surface area contributed by atoms with Crippen molar-refractivity contribution in [1.82, 2.24) is 15.1 Å². The molecule has 2 fully saturated rings. The molecular formula is C16H23N3O3. The van der Waals surface area contributed by atoms with Crippen LogP contribution in [-0.2, 0) is 9.59 Å². The van der Waals surface area contributed by atoms with Crippen molar-refractivity contribution < 1.29 is 14.4 Å². The van der Waals surface area contributed by atoms with E-state index in [0.29, 0.717) is 13.1 Å². The van der Waals surface area contributed by atoms with E-state index in [1.54, 1.807) is 11.8 Å². The van der Waals surface area contributed by atoms with Crippen LogP contribution in [0.2, 0.25) is 0 Å². The molecule has 6 nitrogen and oxygen atoms in total. The van der Waals surface area contributed by atoms with Gasteiger partial charge >= 0.3 is 6.03 Å². The topological polar surface area (TPSA) is 69.7 Å². The van der Waals surface area contributed by atoms with Crippen LogP contribution < -0.4 is 5.32 Å². The molecule has 4 amide bonds. The Kier molecular flexibility index (Phi) is 3.70. The molecule has 0 radical (unpaired) electrons. The van der Waals surface area contributed by atoms with Crippen LogP contribution in [0.5, 0.6) is 0 Å². The minimum atomic E-state index is -0.599. The first-order chi connectivity index (χ1) is 10.5. The number of fused-ring (bicyclic) bond motifs is 5. The second kappa shape index (κ2) is 5.41. The van der Waals surface area contributed by atoms with Crippen molar-refractivity contribution in [3.8, 4) is 0 Å². The van der Waals surface area contributed by atoms with Gasteiger partial charge in [-0.2, -0.15) is 0 Å². The molecule has 2 aliphatic carbocycles. The molecule has 1 N–H and O–H groups in total. The van der Waals surface area contributed by atoms with Gasteiger partial charge in [0.1, 0.15) is 6.17 Å². The SMILES string of the molecule is CCN(CC)C(=O)NC(C)N1C(=O)C2C3C=CC(C3)C2C1=O. The first kappa shape index (κ1) is 15.1. The zero-order chi connectivity index (χ0) is 16.0. The summed E-state index contributed by atoms with van der Waals surface area (Å²) in [5.41, 5.74) is 0. The number of hydrogen-bond acceptors (Lipinski definition) is 3. The number of imide groups is 1. The van der Waals surface area contributed by atoms with Crippen LogP contribution in [0.1, 0.15) is 27.2 Å². The fourth-order valence-electron chi connectivity index (χ4n) is 4.15. The van der Waals surface area contributed by atoms with Gasteiger partial charge in [0, 0.05) is 13.1 Å². The van der Waals surface area contributed by atoms with Gasteiger partial charge in [-0.25, -0.2) is 4.79 Å². The Bertz CT molecular complexity index is 511. The van der Waals surface area contributed by atoms with E-state index >= 15 is 0 Å². The number of rotatable bonds is 4. The predicted molar refractivity (Wildman–Crippen MR) is 80.5 cm³/mol. The van der Waals surface area contributed by atoms with E-state index in [0.717, 1.165) is 6.42 Å². The number of allylic oxidation sites excluding steroid dienone is 2. The van der Waals surface area contributed by atoms with Crippen LogP contribution in [0.15, 0.2) is 12.2 Å². The lowest BCUT2D eigenvalue weighted by Crippen LogP contribution is -2.53. The number of hydrogen-bond donors (Lipinski definition) is 1.